The third-order valence-electron chi connectivity index (χ3n) is 13.6. The molecule has 74 heavy (non-hydrogen) atoms. The Morgan fingerprint density at radius 2 is 0.541 bits per heavy atom. The van der Waals surface area contributed by atoms with Gasteiger partial charge in [-0.2, -0.15) is 0 Å². The van der Waals surface area contributed by atoms with Gasteiger partial charge >= 0.3 is 17.9 Å². The number of carbonyl (C=O) groups excluding carboxylic acids is 3. The number of ether oxygens (including phenoxy) is 3. The van der Waals surface area contributed by atoms with Gasteiger partial charge in [-0.25, -0.2) is 0 Å². The Kier molecular flexibility index (Phi) is 59.3. The van der Waals surface area contributed by atoms with Crippen molar-refractivity contribution in [3.05, 3.63) is 85.1 Å². The molecule has 0 fully saturated rings. The molecule has 0 aromatic rings. The van der Waals surface area contributed by atoms with Gasteiger partial charge in [0, 0.05) is 19.3 Å². The normalized spacial score (nSPS) is 12.6. The van der Waals surface area contributed by atoms with Gasteiger partial charge in [0.2, 0.25) is 0 Å². The largest absolute Gasteiger partial charge is 0.462 e. The Morgan fingerprint density at radius 3 is 0.892 bits per heavy atom. The molecule has 0 radical (unpaired) electrons. The van der Waals surface area contributed by atoms with Crippen LogP contribution in [-0.2, 0) is 28.6 Å². The molecule has 6 heteroatoms. The molecule has 426 valence electrons. The van der Waals surface area contributed by atoms with Gasteiger partial charge < -0.3 is 14.2 Å². The lowest BCUT2D eigenvalue weighted by molar-refractivity contribution is -0.167. The highest BCUT2D eigenvalue weighted by Crippen LogP contribution is 2.17. The number of allylic oxidation sites excluding steroid dienone is 14. The van der Waals surface area contributed by atoms with E-state index in [-0.39, 0.29) is 37.5 Å². The van der Waals surface area contributed by atoms with E-state index >= 15 is 0 Å². The molecular weight excluding hydrogens is 913 g/mol. The van der Waals surface area contributed by atoms with Crippen LogP contribution in [0, 0.1) is 0 Å². The summed E-state index contributed by atoms with van der Waals surface area (Å²) in [5.74, 6) is -0.954. The zero-order valence-corrected chi connectivity index (χ0v) is 48.8. The van der Waals surface area contributed by atoms with Crippen LogP contribution < -0.4 is 0 Å². The Balaban J connectivity index is 4.41. The highest BCUT2D eigenvalue weighted by molar-refractivity contribution is 5.71. The Morgan fingerprint density at radius 1 is 0.284 bits per heavy atom. The fraction of sp³-hybridized carbons (Fsp3) is 0.750. The molecule has 0 heterocycles. The van der Waals surface area contributed by atoms with Crippen LogP contribution in [0.25, 0.3) is 0 Å². The fourth-order valence-electron chi connectivity index (χ4n) is 8.92. The first-order valence-electron chi connectivity index (χ1n) is 31.6. The highest BCUT2D eigenvalue weighted by Gasteiger charge is 2.19. The molecule has 0 aromatic heterocycles. The highest BCUT2D eigenvalue weighted by atomic mass is 16.6. The molecule has 0 saturated carbocycles. The summed E-state index contributed by atoms with van der Waals surface area (Å²) in [7, 11) is 0. The van der Waals surface area contributed by atoms with Gasteiger partial charge in [0.15, 0.2) is 6.10 Å². The van der Waals surface area contributed by atoms with Gasteiger partial charge in [-0.1, -0.05) is 286 Å². The van der Waals surface area contributed by atoms with Crippen molar-refractivity contribution >= 4 is 17.9 Å². The smallest absolute Gasteiger partial charge is 0.306 e. The predicted molar refractivity (Wildman–Crippen MR) is 321 cm³/mol. The van der Waals surface area contributed by atoms with Crippen molar-refractivity contribution in [2.45, 2.75) is 316 Å². The van der Waals surface area contributed by atoms with Gasteiger partial charge in [-0.05, 0) is 89.9 Å². The molecule has 0 aliphatic carbocycles. The van der Waals surface area contributed by atoms with Crippen LogP contribution in [0.4, 0.5) is 0 Å². The number of unbranched alkanes of at least 4 members (excludes halogenated alkanes) is 32. The third-order valence-corrected chi connectivity index (χ3v) is 13.6. The predicted octanol–water partition coefficient (Wildman–Crippen LogP) is 21.5. The van der Waals surface area contributed by atoms with Gasteiger partial charge in [-0.3, -0.25) is 14.4 Å². The monoisotopic (exact) mass is 1030 g/mol. The second-order valence-corrected chi connectivity index (χ2v) is 20.9. The van der Waals surface area contributed by atoms with Crippen LogP contribution >= 0.6 is 0 Å². The molecule has 0 aromatic carbocycles. The van der Waals surface area contributed by atoms with Crippen molar-refractivity contribution in [3.63, 3.8) is 0 Å². The molecule has 0 saturated heterocycles. The summed E-state index contributed by atoms with van der Waals surface area (Å²) in [4.78, 5) is 38.3. The van der Waals surface area contributed by atoms with E-state index in [1.165, 1.54) is 173 Å². The maximum Gasteiger partial charge on any atom is 0.306 e. The quantitative estimate of drug-likeness (QED) is 0.0261. The minimum Gasteiger partial charge on any atom is -0.462 e. The summed E-state index contributed by atoms with van der Waals surface area (Å²) < 4.78 is 16.9. The van der Waals surface area contributed by atoms with Gasteiger partial charge in [0.1, 0.15) is 13.2 Å². The van der Waals surface area contributed by atoms with Crippen LogP contribution in [0.1, 0.15) is 310 Å². The molecule has 0 N–H and O–H groups in total. The van der Waals surface area contributed by atoms with Crippen molar-refractivity contribution < 1.29 is 28.6 Å². The van der Waals surface area contributed by atoms with E-state index in [2.05, 4.69) is 106 Å². The summed E-state index contributed by atoms with van der Waals surface area (Å²) in [5.41, 5.74) is 0. The summed E-state index contributed by atoms with van der Waals surface area (Å²) in [6, 6.07) is 0. The van der Waals surface area contributed by atoms with Crippen molar-refractivity contribution in [3.8, 4) is 0 Å². The standard InChI is InChI=1S/C68H118O6/c1-4-7-10-13-16-19-22-25-28-31-32-33-34-35-38-40-43-46-49-52-55-58-61-67(70)73-64-65(74-68(71)62-59-56-53-50-47-44-41-37-30-27-24-21-18-15-12-9-6-3)63-72-66(69)60-57-54-51-48-45-42-39-36-29-26-23-20-17-14-11-8-5-2/h9,12,17-18,20-21,26-27,29-30,41,44,50,53,65H,4-8,10-11,13-16,19,22-25,28,31-40,42-43,45-49,51-52,54-64H2,1-3H3/b12-9-,20-17-,21-18-,29-26-,30-27-,44-41-,53-50-. The average molecular weight is 1030 g/mol. The fourth-order valence-corrected chi connectivity index (χ4v) is 8.92. The van der Waals surface area contributed by atoms with Crippen LogP contribution in [0.15, 0.2) is 85.1 Å². The molecule has 0 rings (SSSR count). The summed E-state index contributed by atoms with van der Waals surface area (Å²) in [6.45, 7) is 6.48. The maximum absolute atomic E-state index is 12.9. The van der Waals surface area contributed by atoms with Crippen molar-refractivity contribution in [2.75, 3.05) is 13.2 Å². The number of hydrogen-bond donors (Lipinski definition) is 0. The van der Waals surface area contributed by atoms with Crippen LogP contribution in [-0.4, -0.2) is 37.2 Å². The lowest BCUT2D eigenvalue weighted by Gasteiger charge is -2.18. The van der Waals surface area contributed by atoms with E-state index in [4.69, 9.17) is 14.2 Å². The SMILES string of the molecule is CC/C=C\C/C=C\C/C=C\C/C=C\C/C=C\CCCC(=O)OC(COC(=O)CCCCCCCCC/C=C\C/C=C\CCCCC)COC(=O)CCCCCCCCCCCCCCCCCCCCCCCC. The number of hydrogen-bond acceptors (Lipinski definition) is 6. The second kappa shape index (κ2) is 62.1. The number of carbonyl (C=O) groups is 3. The number of esters is 3. The molecule has 0 aliphatic heterocycles. The average Bonchev–Trinajstić information content (AvgIpc) is 3.40. The minimum absolute atomic E-state index is 0.0993. The molecular formula is C68H118O6. The Hall–Kier alpha value is -3.41. The van der Waals surface area contributed by atoms with Crippen molar-refractivity contribution in [1.82, 2.24) is 0 Å². The van der Waals surface area contributed by atoms with Crippen molar-refractivity contribution in [2.24, 2.45) is 0 Å². The van der Waals surface area contributed by atoms with Crippen LogP contribution in [0.2, 0.25) is 0 Å². The third kappa shape index (κ3) is 59.5. The van der Waals surface area contributed by atoms with E-state index in [1.54, 1.807) is 0 Å². The summed E-state index contributed by atoms with van der Waals surface area (Å²) >= 11 is 0. The second-order valence-electron chi connectivity index (χ2n) is 20.9. The Bertz CT molecular complexity index is 1420. The zero-order chi connectivity index (χ0) is 53.6. The Labute approximate surface area is 458 Å². The summed E-state index contributed by atoms with van der Waals surface area (Å²) in [6.07, 6.45) is 81.7. The molecule has 0 spiro atoms. The molecule has 1 atom stereocenters. The minimum atomic E-state index is -0.810. The molecule has 0 amide bonds. The zero-order valence-electron chi connectivity index (χ0n) is 48.8. The van der Waals surface area contributed by atoms with Gasteiger partial charge in [-0.15, -0.1) is 0 Å². The molecule has 1 unspecified atom stereocenters. The lowest BCUT2D eigenvalue weighted by atomic mass is 10.0. The van der Waals surface area contributed by atoms with E-state index in [0.29, 0.717) is 19.3 Å². The van der Waals surface area contributed by atoms with Crippen LogP contribution in [0.5, 0.6) is 0 Å². The van der Waals surface area contributed by atoms with Gasteiger partial charge in [0.25, 0.3) is 0 Å². The van der Waals surface area contributed by atoms with Gasteiger partial charge in [0.05, 0.1) is 0 Å². The molecule has 0 bridgehead atoms. The molecule has 0 aliphatic rings. The first-order valence-corrected chi connectivity index (χ1v) is 31.6. The maximum atomic E-state index is 12.9. The van der Waals surface area contributed by atoms with E-state index < -0.39 is 6.10 Å². The number of rotatable bonds is 57. The topological polar surface area (TPSA) is 78.9 Å². The molecule has 6 nitrogen and oxygen atoms in total. The van der Waals surface area contributed by atoms with E-state index in [1.807, 2.05) is 0 Å². The van der Waals surface area contributed by atoms with E-state index in [9.17, 15) is 14.4 Å². The summed E-state index contributed by atoms with van der Waals surface area (Å²) in [5, 5.41) is 0. The first-order chi connectivity index (χ1) is 36.5. The van der Waals surface area contributed by atoms with Crippen molar-refractivity contribution in [1.29, 1.82) is 0 Å². The van der Waals surface area contributed by atoms with E-state index in [0.717, 1.165) is 89.9 Å². The lowest BCUT2D eigenvalue weighted by Crippen LogP contribution is -2.30. The first kappa shape index (κ1) is 70.6. The van der Waals surface area contributed by atoms with Crippen LogP contribution in [0.3, 0.4) is 0 Å².